The van der Waals surface area contributed by atoms with Crippen molar-refractivity contribution in [1.82, 2.24) is 4.57 Å². The number of hydrogen-bond acceptors (Lipinski definition) is 1. The van der Waals surface area contributed by atoms with Gasteiger partial charge in [0.05, 0.1) is 0 Å². The van der Waals surface area contributed by atoms with Crippen LogP contribution in [0, 0.1) is 24.7 Å². The molecule has 0 radical (unpaired) electrons. The van der Waals surface area contributed by atoms with Crippen LogP contribution in [0.4, 0.5) is 0 Å². The van der Waals surface area contributed by atoms with Crippen molar-refractivity contribution in [3.8, 4) is 0 Å². The molecule has 2 bridgehead atoms. The lowest BCUT2D eigenvalue weighted by atomic mass is 9.84. The average Bonchev–Trinajstić information content (AvgIpc) is 3.14. The summed E-state index contributed by atoms with van der Waals surface area (Å²) in [7, 11) is 2.04. The van der Waals surface area contributed by atoms with Crippen molar-refractivity contribution in [1.29, 1.82) is 0 Å². The van der Waals surface area contributed by atoms with E-state index in [-0.39, 0.29) is 0 Å². The number of hydrogen-bond donors (Lipinski definition) is 0. The highest BCUT2D eigenvalue weighted by molar-refractivity contribution is 6.08. The minimum Gasteiger partial charge on any atom is -0.350 e. The van der Waals surface area contributed by atoms with Gasteiger partial charge >= 0.3 is 0 Å². The molecule has 3 atom stereocenters. The zero-order chi connectivity index (χ0) is 14.6. The van der Waals surface area contributed by atoms with Gasteiger partial charge in [0.25, 0.3) is 0 Å². The van der Waals surface area contributed by atoms with E-state index in [9.17, 15) is 4.79 Å². The number of aryl methyl sites for hydroxylation is 2. The molecule has 2 nitrogen and oxygen atoms in total. The molecule has 110 valence electrons. The Morgan fingerprint density at radius 2 is 2.14 bits per heavy atom. The van der Waals surface area contributed by atoms with Gasteiger partial charge in [0, 0.05) is 36.1 Å². The normalized spacial score (nSPS) is 27.6. The first kappa shape index (κ1) is 13.1. The van der Waals surface area contributed by atoms with Crippen LogP contribution in [0.1, 0.15) is 48.0 Å². The second-order valence-corrected chi connectivity index (χ2v) is 7.24. The fraction of sp³-hybridized carbons (Fsp3) is 0.526. The van der Waals surface area contributed by atoms with Gasteiger partial charge in [-0.25, -0.2) is 0 Å². The molecule has 2 saturated carbocycles. The van der Waals surface area contributed by atoms with Crippen LogP contribution in [0.3, 0.4) is 0 Å². The van der Waals surface area contributed by atoms with E-state index in [0.29, 0.717) is 11.7 Å². The second-order valence-electron chi connectivity index (χ2n) is 7.24. The van der Waals surface area contributed by atoms with E-state index >= 15 is 0 Å². The summed E-state index contributed by atoms with van der Waals surface area (Å²) in [5.74, 6) is 2.75. The summed E-state index contributed by atoms with van der Waals surface area (Å²) in [6, 6.07) is 6.39. The van der Waals surface area contributed by atoms with Gasteiger partial charge in [-0.2, -0.15) is 0 Å². The number of ketones is 1. The number of Topliss-reactive ketones (excluding diaryl/α,β-unsaturated/α-hetero) is 1. The zero-order valence-corrected chi connectivity index (χ0v) is 12.9. The predicted molar refractivity (Wildman–Crippen MR) is 85.5 cm³/mol. The van der Waals surface area contributed by atoms with Gasteiger partial charge in [-0.15, -0.1) is 0 Å². The largest absolute Gasteiger partial charge is 0.350 e. The molecule has 0 spiro atoms. The van der Waals surface area contributed by atoms with Crippen LogP contribution >= 0.6 is 0 Å². The Labute approximate surface area is 126 Å². The smallest absolute Gasteiger partial charge is 0.165 e. The maximum Gasteiger partial charge on any atom is 0.165 e. The molecule has 1 heterocycles. The van der Waals surface area contributed by atoms with Crippen molar-refractivity contribution < 1.29 is 4.79 Å². The minimum absolute atomic E-state index is 0.349. The molecule has 2 aliphatic rings. The zero-order valence-electron chi connectivity index (χ0n) is 12.9. The quantitative estimate of drug-likeness (QED) is 0.759. The first-order chi connectivity index (χ1) is 10.1. The highest BCUT2D eigenvalue weighted by Gasteiger charge is 2.40. The molecule has 1 aromatic carbocycles. The average molecular weight is 281 g/mol. The lowest BCUT2D eigenvalue weighted by Gasteiger charge is -2.20. The van der Waals surface area contributed by atoms with Crippen molar-refractivity contribution in [3.05, 3.63) is 35.5 Å². The van der Waals surface area contributed by atoms with Crippen LogP contribution in [-0.4, -0.2) is 10.4 Å². The number of rotatable bonds is 3. The summed E-state index contributed by atoms with van der Waals surface area (Å²) >= 11 is 0. The van der Waals surface area contributed by atoms with E-state index < -0.39 is 0 Å². The summed E-state index contributed by atoms with van der Waals surface area (Å²) in [4.78, 5) is 12.8. The molecular formula is C19H23NO. The summed E-state index contributed by atoms with van der Waals surface area (Å²) in [5.41, 5.74) is 3.34. The number of carbonyl (C=O) groups excluding carboxylic acids is 1. The third kappa shape index (κ3) is 2.12. The Kier molecular flexibility index (Phi) is 2.95. The van der Waals surface area contributed by atoms with E-state index in [1.54, 1.807) is 0 Å². The molecule has 2 aliphatic carbocycles. The lowest BCUT2D eigenvalue weighted by molar-refractivity contribution is 0.0946. The van der Waals surface area contributed by atoms with Gasteiger partial charge in [0.1, 0.15) is 0 Å². The standard InChI is InChI=1S/C19H23NO/c1-12-3-6-16-17(11-20(2)18(16)7-12)19(21)10-15-9-13-4-5-14(15)8-13/h3,6-7,11,13-15H,4-5,8-10H2,1-2H3. The van der Waals surface area contributed by atoms with Crippen molar-refractivity contribution in [3.63, 3.8) is 0 Å². The highest BCUT2D eigenvalue weighted by Crippen LogP contribution is 2.49. The molecule has 3 unspecified atom stereocenters. The van der Waals surface area contributed by atoms with Crippen LogP contribution in [-0.2, 0) is 7.05 Å². The van der Waals surface area contributed by atoms with Gasteiger partial charge in [-0.3, -0.25) is 4.79 Å². The summed E-state index contributed by atoms with van der Waals surface area (Å²) in [6.07, 6.45) is 8.22. The Bertz CT molecular complexity index is 712. The van der Waals surface area contributed by atoms with Gasteiger partial charge in [0.15, 0.2) is 5.78 Å². The molecule has 0 aliphatic heterocycles. The van der Waals surface area contributed by atoms with E-state index in [2.05, 4.69) is 29.7 Å². The second kappa shape index (κ2) is 4.72. The first-order valence-electron chi connectivity index (χ1n) is 8.20. The SMILES string of the molecule is Cc1ccc2c(C(=O)CC3CC4CCC3C4)cn(C)c2c1. The number of fused-ring (bicyclic) bond motifs is 3. The molecule has 4 rings (SSSR count). The Hall–Kier alpha value is -1.57. The number of carbonyl (C=O) groups is 1. The van der Waals surface area contributed by atoms with E-state index in [4.69, 9.17) is 0 Å². The van der Waals surface area contributed by atoms with Gasteiger partial charge in [-0.05, 0) is 55.6 Å². The topological polar surface area (TPSA) is 22.0 Å². The van der Waals surface area contributed by atoms with Crippen LogP contribution < -0.4 is 0 Å². The maximum atomic E-state index is 12.8. The summed E-state index contributed by atoms with van der Waals surface area (Å²) in [5, 5.41) is 1.12. The molecule has 1 aromatic heterocycles. The van der Waals surface area contributed by atoms with Gasteiger partial charge < -0.3 is 4.57 Å². The molecule has 21 heavy (non-hydrogen) atoms. The molecule has 2 heteroatoms. The maximum absolute atomic E-state index is 12.8. The molecule has 0 N–H and O–H groups in total. The fourth-order valence-corrected chi connectivity index (χ4v) is 4.69. The lowest BCUT2D eigenvalue weighted by Crippen LogP contribution is -2.15. The third-order valence-electron chi connectivity index (χ3n) is 5.78. The molecule has 2 fully saturated rings. The van der Waals surface area contributed by atoms with Crippen LogP contribution in [0.25, 0.3) is 10.9 Å². The van der Waals surface area contributed by atoms with Gasteiger partial charge in [0.2, 0.25) is 0 Å². The predicted octanol–water partition coefficient (Wildman–Crippen LogP) is 4.50. The van der Waals surface area contributed by atoms with Crippen molar-refractivity contribution in [2.75, 3.05) is 0 Å². The van der Waals surface area contributed by atoms with E-state index in [1.165, 1.54) is 36.8 Å². The Balaban J connectivity index is 1.62. The van der Waals surface area contributed by atoms with Gasteiger partial charge in [-0.1, -0.05) is 18.6 Å². The van der Waals surface area contributed by atoms with Crippen LogP contribution in [0.15, 0.2) is 24.4 Å². The molecule has 2 aromatic rings. The minimum atomic E-state index is 0.349. The number of nitrogens with zero attached hydrogens (tertiary/aromatic N) is 1. The summed E-state index contributed by atoms with van der Waals surface area (Å²) < 4.78 is 2.09. The van der Waals surface area contributed by atoms with E-state index in [1.807, 2.05) is 13.2 Å². The summed E-state index contributed by atoms with van der Waals surface area (Å²) in [6.45, 7) is 2.10. The fourth-order valence-electron chi connectivity index (χ4n) is 4.69. The number of benzene rings is 1. The molecule has 0 saturated heterocycles. The first-order valence-corrected chi connectivity index (χ1v) is 8.20. The highest BCUT2D eigenvalue weighted by atomic mass is 16.1. The third-order valence-corrected chi connectivity index (χ3v) is 5.78. The Morgan fingerprint density at radius 1 is 1.29 bits per heavy atom. The monoisotopic (exact) mass is 281 g/mol. The van der Waals surface area contributed by atoms with E-state index in [0.717, 1.165) is 29.2 Å². The van der Waals surface area contributed by atoms with Crippen molar-refractivity contribution in [2.45, 2.75) is 39.0 Å². The van der Waals surface area contributed by atoms with Crippen LogP contribution in [0.2, 0.25) is 0 Å². The van der Waals surface area contributed by atoms with Crippen LogP contribution in [0.5, 0.6) is 0 Å². The Morgan fingerprint density at radius 3 is 2.86 bits per heavy atom. The number of aromatic nitrogens is 1. The van der Waals surface area contributed by atoms with Crippen molar-refractivity contribution in [2.24, 2.45) is 24.8 Å². The van der Waals surface area contributed by atoms with Crippen molar-refractivity contribution >= 4 is 16.7 Å². The molecule has 0 amide bonds. The molecular weight excluding hydrogens is 258 g/mol.